The third kappa shape index (κ3) is 4.32. The smallest absolute Gasteiger partial charge is 0.255 e. The quantitative estimate of drug-likeness (QED) is 0.838. The van der Waals surface area contributed by atoms with Gasteiger partial charge >= 0.3 is 0 Å². The monoisotopic (exact) mass is 339 g/mol. The van der Waals surface area contributed by atoms with E-state index in [0.717, 1.165) is 0 Å². The minimum Gasteiger partial charge on any atom is -0.489 e. The van der Waals surface area contributed by atoms with Gasteiger partial charge in [-0.3, -0.25) is 4.79 Å². The van der Waals surface area contributed by atoms with Gasteiger partial charge in [0.15, 0.2) is 0 Å². The van der Waals surface area contributed by atoms with Crippen molar-refractivity contribution in [3.05, 3.63) is 52.3 Å². The number of aromatic nitrogens is 2. The van der Waals surface area contributed by atoms with Gasteiger partial charge in [-0.2, -0.15) is 10.2 Å². The third-order valence-electron chi connectivity index (χ3n) is 2.94. The van der Waals surface area contributed by atoms with E-state index in [4.69, 9.17) is 27.9 Å². The number of amides is 1. The van der Waals surface area contributed by atoms with Gasteiger partial charge in [0.2, 0.25) is 0 Å². The molecule has 1 aromatic heterocycles. The van der Waals surface area contributed by atoms with Crippen LogP contribution in [0.3, 0.4) is 0 Å². The lowest BCUT2D eigenvalue weighted by molar-refractivity contribution is 0.0726. The van der Waals surface area contributed by atoms with Crippen molar-refractivity contribution >= 4 is 29.1 Å². The van der Waals surface area contributed by atoms with Crippen LogP contribution in [0.15, 0.2) is 36.7 Å². The first-order valence-corrected chi connectivity index (χ1v) is 7.37. The number of carbonyl (C=O) groups excluding carboxylic acids is 1. The standard InChI is InChI=1S/C15H15Cl2N3O2/c1-10(22-12-3-4-13(16)14(17)7-12)9-20(2)15(21)11-5-6-18-19-8-11/h3-8,10H,9H2,1-2H3/t10-/m0/s1. The highest BCUT2D eigenvalue weighted by Gasteiger charge is 2.16. The van der Waals surface area contributed by atoms with E-state index in [0.29, 0.717) is 27.9 Å². The molecule has 0 fully saturated rings. The van der Waals surface area contributed by atoms with E-state index in [1.165, 1.54) is 12.4 Å². The highest BCUT2D eigenvalue weighted by molar-refractivity contribution is 6.42. The Hall–Kier alpha value is -1.85. The van der Waals surface area contributed by atoms with Crippen LogP contribution in [-0.2, 0) is 0 Å². The Kier molecular flexibility index (Phi) is 5.57. The molecule has 116 valence electrons. The van der Waals surface area contributed by atoms with Crippen LogP contribution in [0.1, 0.15) is 17.3 Å². The maximum absolute atomic E-state index is 12.2. The number of likely N-dealkylation sites (N-methyl/N-ethyl adjacent to an activating group) is 1. The van der Waals surface area contributed by atoms with Gasteiger partial charge in [-0.1, -0.05) is 23.2 Å². The van der Waals surface area contributed by atoms with Crippen LogP contribution in [0, 0.1) is 0 Å². The minimum absolute atomic E-state index is 0.139. The Bertz CT molecular complexity index is 652. The molecular weight excluding hydrogens is 325 g/mol. The first-order chi connectivity index (χ1) is 10.5. The second-order valence-electron chi connectivity index (χ2n) is 4.82. The average Bonchev–Trinajstić information content (AvgIpc) is 2.51. The van der Waals surface area contributed by atoms with Gasteiger partial charge in [0, 0.05) is 13.1 Å². The molecule has 7 heteroatoms. The number of halogens is 2. The van der Waals surface area contributed by atoms with E-state index < -0.39 is 0 Å². The molecule has 0 saturated heterocycles. The van der Waals surface area contributed by atoms with E-state index in [-0.39, 0.29) is 12.0 Å². The molecule has 0 bridgehead atoms. The van der Waals surface area contributed by atoms with Crippen LogP contribution in [0.2, 0.25) is 10.0 Å². The maximum atomic E-state index is 12.2. The highest BCUT2D eigenvalue weighted by atomic mass is 35.5. The lowest BCUT2D eigenvalue weighted by Gasteiger charge is -2.22. The fourth-order valence-corrected chi connectivity index (χ4v) is 2.21. The number of nitrogens with zero attached hydrogens (tertiary/aromatic N) is 3. The van der Waals surface area contributed by atoms with E-state index >= 15 is 0 Å². The normalized spacial score (nSPS) is 11.8. The molecule has 2 aromatic rings. The molecule has 1 heterocycles. The molecule has 0 unspecified atom stereocenters. The number of hydrogen-bond acceptors (Lipinski definition) is 4. The van der Waals surface area contributed by atoms with E-state index in [1.807, 2.05) is 6.92 Å². The number of carbonyl (C=O) groups is 1. The summed E-state index contributed by atoms with van der Waals surface area (Å²) in [5.41, 5.74) is 0.485. The van der Waals surface area contributed by atoms with Crippen LogP contribution in [0.5, 0.6) is 5.75 Å². The van der Waals surface area contributed by atoms with Crippen LogP contribution >= 0.6 is 23.2 Å². The fraction of sp³-hybridized carbons (Fsp3) is 0.267. The minimum atomic E-state index is -0.207. The predicted octanol–water partition coefficient (Wildman–Crippen LogP) is 3.32. The van der Waals surface area contributed by atoms with Crippen LogP contribution in [0.25, 0.3) is 0 Å². The molecule has 1 aromatic carbocycles. The van der Waals surface area contributed by atoms with Crippen LogP contribution in [-0.4, -0.2) is 40.7 Å². The van der Waals surface area contributed by atoms with Crippen molar-refractivity contribution in [3.8, 4) is 5.75 Å². The van der Waals surface area contributed by atoms with Crippen LogP contribution in [0.4, 0.5) is 0 Å². The number of rotatable bonds is 5. The van der Waals surface area contributed by atoms with Gasteiger partial charge in [-0.05, 0) is 25.1 Å². The van der Waals surface area contributed by atoms with Crippen molar-refractivity contribution in [2.45, 2.75) is 13.0 Å². The summed E-state index contributed by atoms with van der Waals surface area (Å²) in [4.78, 5) is 13.8. The zero-order valence-corrected chi connectivity index (χ0v) is 13.7. The van der Waals surface area contributed by atoms with Gasteiger partial charge in [-0.15, -0.1) is 0 Å². The van der Waals surface area contributed by atoms with Gasteiger partial charge in [0.25, 0.3) is 5.91 Å². The average molecular weight is 340 g/mol. The van der Waals surface area contributed by atoms with Gasteiger partial charge in [0.05, 0.1) is 34.5 Å². The lowest BCUT2D eigenvalue weighted by Crippen LogP contribution is -2.35. The maximum Gasteiger partial charge on any atom is 0.255 e. The second-order valence-corrected chi connectivity index (χ2v) is 5.64. The summed E-state index contributed by atoms with van der Waals surface area (Å²) in [6.07, 6.45) is 2.71. The topological polar surface area (TPSA) is 55.3 Å². The van der Waals surface area contributed by atoms with Gasteiger partial charge in [-0.25, -0.2) is 0 Å². The molecular formula is C15H15Cl2N3O2. The van der Waals surface area contributed by atoms with Crippen molar-refractivity contribution in [2.24, 2.45) is 0 Å². The molecule has 1 amide bonds. The summed E-state index contributed by atoms with van der Waals surface area (Å²) in [6, 6.07) is 6.67. The van der Waals surface area contributed by atoms with Crippen molar-refractivity contribution in [1.82, 2.24) is 15.1 Å². The summed E-state index contributed by atoms with van der Waals surface area (Å²) >= 11 is 11.8. The molecule has 0 spiro atoms. The van der Waals surface area contributed by atoms with E-state index in [2.05, 4.69) is 10.2 Å². The molecule has 0 aliphatic carbocycles. The molecule has 0 saturated carbocycles. The molecule has 0 radical (unpaired) electrons. The Labute approximate surface area is 138 Å². The predicted molar refractivity (Wildman–Crippen MR) is 85.5 cm³/mol. The zero-order chi connectivity index (χ0) is 16.1. The van der Waals surface area contributed by atoms with E-state index in [1.54, 1.807) is 36.2 Å². The van der Waals surface area contributed by atoms with Gasteiger partial charge < -0.3 is 9.64 Å². The first kappa shape index (κ1) is 16.5. The summed E-state index contributed by atoms with van der Waals surface area (Å²) in [5, 5.41) is 8.25. The number of hydrogen-bond donors (Lipinski definition) is 0. The lowest BCUT2D eigenvalue weighted by atomic mass is 10.2. The largest absolute Gasteiger partial charge is 0.489 e. The van der Waals surface area contributed by atoms with Gasteiger partial charge in [0.1, 0.15) is 11.9 Å². The zero-order valence-electron chi connectivity index (χ0n) is 12.2. The Morgan fingerprint density at radius 1 is 1.27 bits per heavy atom. The van der Waals surface area contributed by atoms with Crippen molar-refractivity contribution < 1.29 is 9.53 Å². The van der Waals surface area contributed by atoms with Crippen molar-refractivity contribution in [1.29, 1.82) is 0 Å². The Balaban J connectivity index is 1.95. The highest BCUT2D eigenvalue weighted by Crippen LogP contribution is 2.26. The molecule has 5 nitrogen and oxygen atoms in total. The fourth-order valence-electron chi connectivity index (χ4n) is 1.93. The molecule has 0 aliphatic rings. The molecule has 1 atom stereocenters. The van der Waals surface area contributed by atoms with Crippen molar-refractivity contribution in [3.63, 3.8) is 0 Å². The molecule has 0 N–H and O–H groups in total. The molecule has 22 heavy (non-hydrogen) atoms. The Morgan fingerprint density at radius 2 is 2.05 bits per heavy atom. The van der Waals surface area contributed by atoms with E-state index in [9.17, 15) is 4.79 Å². The number of ether oxygens (including phenoxy) is 1. The summed E-state index contributed by atoms with van der Waals surface area (Å²) in [5.74, 6) is 0.466. The van der Waals surface area contributed by atoms with Crippen LogP contribution < -0.4 is 4.74 Å². The second kappa shape index (κ2) is 7.42. The summed E-state index contributed by atoms with van der Waals surface area (Å²) in [6.45, 7) is 2.29. The first-order valence-electron chi connectivity index (χ1n) is 6.61. The summed E-state index contributed by atoms with van der Waals surface area (Å²) < 4.78 is 5.74. The third-order valence-corrected chi connectivity index (χ3v) is 3.68. The molecule has 2 rings (SSSR count). The summed E-state index contributed by atoms with van der Waals surface area (Å²) in [7, 11) is 1.71. The number of benzene rings is 1. The van der Waals surface area contributed by atoms with Crippen molar-refractivity contribution in [2.75, 3.05) is 13.6 Å². The Morgan fingerprint density at radius 3 is 2.68 bits per heavy atom. The molecule has 0 aliphatic heterocycles. The SMILES string of the molecule is C[C@@H](CN(C)C(=O)c1ccnnc1)Oc1ccc(Cl)c(Cl)c1.